The topological polar surface area (TPSA) is 81.8 Å². The molecule has 0 aromatic heterocycles. The van der Waals surface area contributed by atoms with Gasteiger partial charge in [-0.05, 0) is 30.9 Å². The van der Waals surface area contributed by atoms with Gasteiger partial charge in [0.25, 0.3) is 0 Å². The highest BCUT2D eigenvalue weighted by Gasteiger charge is 2.34. The first-order chi connectivity index (χ1) is 12.8. The predicted octanol–water partition coefficient (Wildman–Crippen LogP) is 2.09. The molecule has 2 rings (SSSR count). The fourth-order valence-electron chi connectivity index (χ4n) is 3.25. The summed E-state index contributed by atoms with van der Waals surface area (Å²) in [6.45, 7) is 7.69. The first-order valence-electron chi connectivity index (χ1n) is 9.48. The zero-order chi connectivity index (χ0) is 20.0. The van der Waals surface area contributed by atoms with Gasteiger partial charge in [0.2, 0.25) is 11.8 Å². The van der Waals surface area contributed by atoms with E-state index in [4.69, 9.17) is 0 Å². The highest BCUT2D eigenvalue weighted by atomic mass is 16.2. The van der Waals surface area contributed by atoms with Crippen molar-refractivity contribution in [2.75, 3.05) is 32.0 Å². The van der Waals surface area contributed by atoms with Crippen molar-refractivity contribution in [1.29, 1.82) is 0 Å². The van der Waals surface area contributed by atoms with Crippen LogP contribution in [0.15, 0.2) is 24.3 Å². The Hall–Kier alpha value is -2.57. The van der Waals surface area contributed by atoms with Crippen molar-refractivity contribution in [3.8, 4) is 0 Å². The van der Waals surface area contributed by atoms with Gasteiger partial charge < -0.3 is 20.4 Å². The van der Waals surface area contributed by atoms with Crippen molar-refractivity contribution in [2.24, 2.45) is 5.92 Å². The van der Waals surface area contributed by atoms with E-state index in [1.807, 2.05) is 29.2 Å². The SMILES string of the molecule is CNC(=O)CCc1ccccc1NC(=O)N1CCN(CC(C)C)C(=O)[C@H]1C. The van der Waals surface area contributed by atoms with Gasteiger partial charge in [0.05, 0.1) is 0 Å². The van der Waals surface area contributed by atoms with Gasteiger partial charge in [-0.1, -0.05) is 32.0 Å². The lowest BCUT2D eigenvalue weighted by Crippen LogP contribution is -2.59. The maximum absolute atomic E-state index is 12.8. The molecule has 0 unspecified atom stereocenters. The summed E-state index contributed by atoms with van der Waals surface area (Å²) in [5.74, 6) is 0.336. The standard InChI is InChI=1S/C20H30N4O3/c1-14(2)13-23-11-12-24(15(3)19(23)26)20(27)22-17-8-6-5-7-16(17)9-10-18(25)21-4/h5-8,14-15H,9-13H2,1-4H3,(H,21,25)(H,22,27)/t15-/m1/s1. The number of piperazine rings is 1. The number of urea groups is 1. The molecule has 7 nitrogen and oxygen atoms in total. The van der Waals surface area contributed by atoms with Crippen LogP contribution in [0.4, 0.5) is 10.5 Å². The fraction of sp³-hybridized carbons (Fsp3) is 0.550. The molecule has 4 amide bonds. The molecule has 1 saturated heterocycles. The smallest absolute Gasteiger partial charge is 0.322 e. The van der Waals surface area contributed by atoms with Crippen LogP contribution in [-0.2, 0) is 16.0 Å². The Kier molecular flexibility index (Phi) is 7.21. The third-order valence-electron chi connectivity index (χ3n) is 4.75. The summed E-state index contributed by atoms with van der Waals surface area (Å²) in [6.07, 6.45) is 0.888. The predicted molar refractivity (Wildman–Crippen MR) is 105 cm³/mol. The molecule has 1 fully saturated rings. The third kappa shape index (κ3) is 5.45. The first-order valence-corrected chi connectivity index (χ1v) is 9.48. The highest BCUT2D eigenvalue weighted by Crippen LogP contribution is 2.20. The lowest BCUT2D eigenvalue weighted by molar-refractivity contribution is -0.139. The Morgan fingerprint density at radius 1 is 1.22 bits per heavy atom. The number of para-hydroxylation sites is 1. The molecule has 2 N–H and O–H groups in total. The van der Waals surface area contributed by atoms with Crippen LogP contribution in [0.25, 0.3) is 0 Å². The Balaban J connectivity index is 2.03. The highest BCUT2D eigenvalue weighted by molar-refractivity contribution is 5.95. The van der Waals surface area contributed by atoms with Gasteiger partial charge in [-0.3, -0.25) is 9.59 Å². The number of hydrogen-bond donors (Lipinski definition) is 2. The quantitative estimate of drug-likeness (QED) is 0.800. The first kappa shape index (κ1) is 20.7. The number of benzene rings is 1. The maximum Gasteiger partial charge on any atom is 0.322 e. The van der Waals surface area contributed by atoms with E-state index in [1.165, 1.54) is 0 Å². The van der Waals surface area contributed by atoms with E-state index in [-0.39, 0.29) is 17.8 Å². The second-order valence-electron chi connectivity index (χ2n) is 7.31. The van der Waals surface area contributed by atoms with E-state index in [0.29, 0.717) is 44.1 Å². The van der Waals surface area contributed by atoms with Crippen LogP contribution in [0.3, 0.4) is 0 Å². The second-order valence-corrected chi connectivity index (χ2v) is 7.31. The van der Waals surface area contributed by atoms with E-state index in [0.717, 1.165) is 5.56 Å². The molecule has 0 saturated carbocycles. The summed E-state index contributed by atoms with van der Waals surface area (Å²) in [5, 5.41) is 5.51. The Labute approximate surface area is 161 Å². The van der Waals surface area contributed by atoms with Crippen molar-refractivity contribution >= 4 is 23.5 Å². The number of carbonyl (C=O) groups excluding carboxylic acids is 3. The summed E-state index contributed by atoms with van der Waals surface area (Å²) < 4.78 is 0. The summed E-state index contributed by atoms with van der Waals surface area (Å²) in [4.78, 5) is 40.2. The van der Waals surface area contributed by atoms with Crippen LogP contribution in [0.1, 0.15) is 32.8 Å². The molecule has 0 aliphatic carbocycles. The minimum absolute atomic E-state index is 0.0157. The Morgan fingerprint density at radius 2 is 1.93 bits per heavy atom. The average Bonchev–Trinajstić information content (AvgIpc) is 2.64. The lowest BCUT2D eigenvalue weighted by Gasteiger charge is -2.39. The van der Waals surface area contributed by atoms with Crippen molar-refractivity contribution in [3.63, 3.8) is 0 Å². The molecular formula is C20H30N4O3. The van der Waals surface area contributed by atoms with Crippen LogP contribution in [0, 0.1) is 5.92 Å². The Morgan fingerprint density at radius 3 is 2.59 bits per heavy atom. The van der Waals surface area contributed by atoms with Crippen molar-refractivity contribution < 1.29 is 14.4 Å². The van der Waals surface area contributed by atoms with Crippen LogP contribution >= 0.6 is 0 Å². The molecule has 1 atom stereocenters. The molecule has 1 aliphatic heterocycles. The van der Waals surface area contributed by atoms with E-state index >= 15 is 0 Å². The molecule has 1 aromatic rings. The third-order valence-corrected chi connectivity index (χ3v) is 4.75. The molecule has 0 spiro atoms. The van der Waals surface area contributed by atoms with Crippen LogP contribution in [0.2, 0.25) is 0 Å². The molecule has 7 heteroatoms. The summed E-state index contributed by atoms with van der Waals surface area (Å²) in [5.41, 5.74) is 1.57. The van der Waals surface area contributed by atoms with Gasteiger partial charge in [-0.15, -0.1) is 0 Å². The number of nitrogens with zero attached hydrogens (tertiary/aromatic N) is 2. The van der Waals surface area contributed by atoms with Crippen LogP contribution in [0.5, 0.6) is 0 Å². The molecule has 27 heavy (non-hydrogen) atoms. The van der Waals surface area contributed by atoms with Gasteiger partial charge >= 0.3 is 6.03 Å². The number of anilines is 1. The zero-order valence-corrected chi connectivity index (χ0v) is 16.6. The number of hydrogen-bond acceptors (Lipinski definition) is 3. The number of nitrogens with one attached hydrogen (secondary N) is 2. The van der Waals surface area contributed by atoms with Gasteiger partial charge in [-0.2, -0.15) is 0 Å². The van der Waals surface area contributed by atoms with Crippen LogP contribution in [-0.4, -0.2) is 60.4 Å². The minimum atomic E-state index is -0.490. The Bertz CT molecular complexity index is 690. The summed E-state index contributed by atoms with van der Waals surface area (Å²) >= 11 is 0. The van der Waals surface area contributed by atoms with Crippen molar-refractivity contribution in [1.82, 2.24) is 15.1 Å². The normalized spacial score (nSPS) is 17.2. The molecule has 148 valence electrons. The summed E-state index contributed by atoms with van der Waals surface area (Å²) in [7, 11) is 1.60. The largest absolute Gasteiger partial charge is 0.359 e. The van der Waals surface area contributed by atoms with Crippen molar-refractivity contribution in [2.45, 2.75) is 39.7 Å². The van der Waals surface area contributed by atoms with Crippen molar-refractivity contribution in [3.05, 3.63) is 29.8 Å². The fourth-order valence-corrected chi connectivity index (χ4v) is 3.25. The van der Waals surface area contributed by atoms with Gasteiger partial charge in [-0.25, -0.2) is 4.79 Å². The van der Waals surface area contributed by atoms with E-state index in [9.17, 15) is 14.4 Å². The second kappa shape index (κ2) is 9.39. The van der Waals surface area contributed by atoms with E-state index in [1.54, 1.807) is 18.9 Å². The van der Waals surface area contributed by atoms with Gasteiger partial charge in [0, 0.05) is 38.8 Å². The minimum Gasteiger partial charge on any atom is -0.359 e. The van der Waals surface area contributed by atoms with E-state index in [2.05, 4.69) is 24.5 Å². The molecule has 1 heterocycles. The number of rotatable bonds is 6. The molecule has 0 radical (unpaired) electrons. The monoisotopic (exact) mass is 374 g/mol. The van der Waals surface area contributed by atoms with Gasteiger partial charge in [0.15, 0.2) is 0 Å². The molecule has 0 bridgehead atoms. The molecular weight excluding hydrogens is 344 g/mol. The molecule has 1 aliphatic rings. The zero-order valence-electron chi connectivity index (χ0n) is 16.6. The maximum atomic E-state index is 12.8. The van der Waals surface area contributed by atoms with E-state index < -0.39 is 6.04 Å². The summed E-state index contributed by atoms with van der Waals surface area (Å²) in [6, 6.07) is 6.66. The van der Waals surface area contributed by atoms with Crippen LogP contribution < -0.4 is 10.6 Å². The number of amides is 4. The number of aryl methyl sites for hydroxylation is 1. The lowest BCUT2D eigenvalue weighted by atomic mass is 10.1. The molecule has 1 aromatic carbocycles. The van der Waals surface area contributed by atoms with Gasteiger partial charge in [0.1, 0.15) is 6.04 Å². The average molecular weight is 374 g/mol. The number of carbonyl (C=O) groups is 3.